The summed E-state index contributed by atoms with van der Waals surface area (Å²) in [5.41, 5.74) is 0.877. The van der Waals surface area contributed by atoms with Crippen molar-refractivity contribution in [3.8, 4) is 5.75 Å². The summed E-state index contributed by atoms with van der Waals surface area (Å²) in [7, 11) is -3.02. The number of likely N-dealkylation sites (tertiary alicyclic amines) is 1. The Kier molecular flexibility index (Phi) is 12.8. The van der Waals surface area contributed by atoms with Gasteiger partial charge in [0.15, 0.2) is 5.96 Å². The number of guanidine groups is 1. The minimum atomic E-state index is -3.02. The van der Waals surface area contributed by atoms with Gasteiger partial charge in [0.25, 0.3) is 0 Å². The predicted molar refractivity (Wildman–Crippen MR) is 141 cm³/mol. The molecule has 1 fully saturated rings. The summed E-state index contributed by atoms with van der Waals surface area (Å²) in [6.07, 6.45) is 4.90. The van der Waals surface area contributed by atoms with Gasteiger partial charge in [-0.2, -0.15) is 0 Å². The van der Waals surface area contributed by atoms with Gasteiger partial charge in [-0.15, -0.1) is 24.0 Å². The van der Waals surface area contributed by atoms with Crippen LogP contribution in [0.3, 0.4) is 0 Å². The van der Waals surface area contributed by atoms with Gasteiger partial charge in [0.1, 0.15) is 15.6 Å². The molecule has 0 aromatic heterocycles. The number of anilines is 1. The summed E-state index contributed by atoms with van der Waals surface area (Å²) in [6.45, 7) is 10.7. The van der Waals surface area contributed by atoms with Crippen LogP contribution in [-0.2, 0) is 9.84 Å². The number of sulfone groups is 1. The van der Waals surface area contributed by atoms with Crippen molar-refractivity contribution in [3.05, 3.63) is 24.3 Å². The molecule has 1 aromatic carbocycles. The van der Waals surface area contributed by atoms with Gasteiger partial charge in [-0.3, -0.25) is 4.99 Å². The van der Waals surface area contributed by atoms with E-state index in [1.807, 2.05) is 38.1 Å². The van der Waals surface area contributed by atoms with Crippen LogP contribution in [0.4, 0.5) is 5.69 Å². The van der Waals surface area contributed by atoms with Gasteiger partial charge in [0.05, 0.1) is 11.9 Å². The third-order valence-electron chi connectivity index (χ3n) is 5.03. The first kappa shape index (κ1) is 28.0. The maximum absolute atomic E-state index is 11.4. The van der Waals surface area contributed by atoms with Crippen LogP contribution in [0.25, 0.3) is 0 Å². The third kappa shape index (κ3) is 12.5. The molecule has 0 unspecified atom stereocenters. The largest absolute Gasteiger partial charge is 0.491 e. The van der Waals surface area contributed by atoms with Gasteiger partial charge >= 0.3 is 0 Å². The van der Waals surface area contributed by atoms with Crippen molar-refractivity contribution in [1.29, 1.82) is 0 Å². The zero-order valence-corrected chi connectivity index (χ0v) is 22.4. The molecule has 1 aliphatic rings. The zero-order valence-electron chi connectivity index (χ0n) is 19.3. The van der Waals surface area contributed by atoms with E-state index in [0.717, 1.165) is 30.3 Å². The number of rotatable bonds is 10. The Morgan fingerprint density at radius 3 is 2.45 bits per heavy atom. The highest BCUT2D eigenvalue weighted by atomic mass is 127. The fourth-order valence-corrected chi connectivity index (χ4v) is 3.76. The molecule has 0 atom stereocenters. The zero-order chi connectivity index (χ0) is 22.0. The summed E-state index contributed by atoms with van der Waals surface area (Å²) in [5.74, 6) is 2.32. The molecular formula is C22H39IN4O3S. The van der Waals surface area contributed by atoms with Crippen molar-refractivity contribution in [2.45, 2.75) is 46.1 Å². The Balaban J connectivity index is 0.00000480. The second-order valence-electron chi connectivity index (χ2n) is 8.48. The molecule has 178 valence electrons. The van der Waals surface area contributed by atoms with E-state index in [2.05, 4.69) is 27.4 Å². The number of nitrogens with one attached hydrogen (secondary N) is 2. The van der Waals surface area contributed by atoms with Gasteiger partial charge in [-0.05, 0) is 82.9 Å². The van der Waals surface area contributed by atoms with Crippen molar-refractivity contribution in [1.82, 2.24) is 10.2 Å². The van der Waals surface area contributed by atoms with Crippen LogP contribution >= 0.6 is 24.0 Å². The summed E-state index contributed by atoms with van der Waals surface area (Å²) in [5, 5.41) is 6.40. The molecule has 0 spiro atoms. The number of ether oxygens (including phenoxy) is 1. The van der Waals surface area contributed by atoms with E-state index >= 15 is 0 Å². The SMILES string of the molecule is CC1CCN(CCCN=C(NCCS(C)(=O)=O)Nc2ccc(OC(C)C)cc2)CC1.I. The number of nitrogens with zero attached hydrogens (tertiary/aromatic N) is 2. The highest BCUT2D eigenvalue weighted by Gasteiger charge is 2.14. The number of halogens is 1. The Labute approximate surface area is 205 Å². The molecule has 0 saturated carbocycles. The highest BCUT2D eigenvalue weighted by Crippen LogP contribution is 2.17. The second kappa shape index (κ2) is 14.2. The molecule has 7 nitrogen and oxygen atoms in total. The quantitative estimate of drug-likeness (QED) is 0.195. The first-order valence-corrected chi connectivity index (χ1v) is 13.0. The molecule has 2 rings (SSSR count). The van der Waals surface area contributed by atoms with Crippen molar-refractivity contribution in [2.75, 3.05) is 50.0 Å². The first-order chi connectivity index (χ1) is 14.2. The van der Waals surface area contributed by atoms with Gasteiger partial charge in [-0.1, -0.05) is 6.92 Å². The van der Waals surface area contributed by atoms with Crippen LogP contribution in [-0.4, -0.2) is 70.1 Å². The summed E-state index contributed by atoms with van der Waals surface area (Å²) < 4.78 is 28.5. The van der Waals surface area contributed by atoms with Gasteiger partial charge in [0.2, 0.25) is 0 Å². The average molecular weight is 567 g/mol. The van der Waals surface area contributed by atoms with Gasteiger partial charge < -0.3 is 20.3 Å². The fraction of sp³-hybridized carbons (Fsp3) is 0.682. The molecule has 31 heavy (non-hydrogen) atoms. The lowest BCUT2D eigenvalue weighted by Crippen LogP contribution is -2.35. The average Bonchev–Trinajstić information content (AvgIpc) is 2.66. The standard InChI is InChI=1S/C22H38N4O3S.HI/c1-18(2)29-21-8-6-20(7-9-21)25-22(24-13-17-30(4,27)28)23-12-5-14-26-15-10-19(3)11-16-26;/h6-9,18-19H,5,10-17H2,1-4H3,(H2,23,24,25);1H. The Morgan fingerprint density at radius 1 is 1.23 bits per heavy atom. The molecule has 0 radical (unpaired) electrons. The summed E-state index contributed by atoms with van der Waals surface area (Å²) in [6, 6.07) is 7.68. The van der Waals surface area contributed by atoms with Crippen LogP contribution in [0.5, 0.6) is 5.75 Å². The van der Waals surface area contributed by atoms with E-state index in [1.54, 1.807) is 0 Å². The molecule has 1 aliphatic heterocycles. The lowest BCUT2D eigenvalue weighted by atomic mass is 9.99. The van der Waals surface area contributed by atoms with Gasteiger partial charge in [0, 0.05) is 25.0 Å². The Hall–Kier alpha value is -1.07. The summed E-state index contributed by atoms with van der Waals surface area (Å²) in [4.78, 5) is 7.16. The topological polar surface area (TPSA) is 83.0 Å². The van der Waals surface area contributed by atoms with Crippen LogP contribution in [0.15, 0.2) is 29.3 Å². The normalized spacial score (nSPS) is 16.1. The fourth-order valence-electron chi connectivity index (χ4n) is 3.29. The molecule has 0 amide bonds. The molecular weight excluding hydrogens is 527 g/mol. The third-order valence-corrected chi connectivity index (χ3v) is 5.98. The number of piperidine rings is 1. The molecule has 1 saturated heterocycles. The molecule has 1 heterocycles. The molecule has 0 aliphatic carbocycles. The van der Waals surface area contributed by atoms with Crippen LogP contribution in [0.1, 0.15) is 40.0 Å². The molecule has 1 aromatic rings. The molecule has 0 bridgehead atoms. The van der Waals surface area contributed by atoms with E-state index in [1.165, 1.54) is 32.2 Å². The maximum atomic E-state index is 11.4. The summed E-state index contributed by atoms with van der Waals surface area (Å²) >= 11 is 0. The van der Waals surface area contributed by atoms with Crippen molar-refractivity contribution < 1.29 is 13.2 Å². The van der Waals surface area contributed by atoms with Crippen LogP contribution in [0.2, 0.25) is 0 Å². The van der Waals surface area contributed by atoms with Crippen LogP contribution < -0.4 is 15.4 Å². The predicted octanol–water partition coefficient (Wildman–Crippen LogP) is 3.62. The maximum Gasteiger partial charge on any atom is 0.195 e. The van der Waals surface area contributed by atoms with E-state index in [4.69, 9.17) is 4.74 Å². The lowest BCUT2D eigenvalue weighted by molar-refractivity contribution is 0.192. The minimum absolute atomic E-state index is 0. The minimum Gasteiger partial charge on any atom is -0.491 e. The monoisotopic (exact) mass is 566 g/mol. The smallest absolute Gasteiger partial charge is 0.195 e. The number of hydrogen-bond acceptors (Lipinski definition) is 5. The highest BCUT2D eigenvalue weighted by molar-refractivity contribution is 14.0. The van der Waals surface area contributed by atoms with E-state index < -0.39 is 9.84 Å². The van der Waals surface area contributed by atoms with Crippen molar-refractivity contribution in [2.24, 2.45) is 10.9 Å². The van der Waals surface area contributed by atoms with Gasteiger partial charge in [-0.25, -0.2) is 8.42 Å². The van der Waals surface area contributed by atoms with Crippen LogP contribution in [0, 0.1) is 5.92 Å². The Bertz CT molecular complexity index is 761. The van der Waals surface area contributed by atoms with E-state index in [-0.39, 0.29) is 35.8 Å². The first-order valence-electron chi connectivity index (χ1n) is 10.9. The van der Waals surface area contributed by atoms with Crippen molar-refractivity contribution >= 4 is 45.5 Å². The number of hydrogen-bond donors (Lipinski definition) is 2. The molecule has 9 heteroatoms. The molecule has 2 N–H and O–H groups in total. The lowest BCUT2D eigenvalue weighted by Gasteiger charge is -2.29. The van der Waals surface area contributed by atoms with E-state index in [9.17, 15) is 8.42 Å². The Morgan fingerprint density at radius 2 is 1.87 bits per heavy atom. The second-order valence-corrected chi connectivity index (χ2v) is 10.7. The van der Waals surface area contributed by atoms with Crippen molar-refractivity contribution in [3.63, 3.8) is 0 Å². The number of aliphatic imine (C=N–C) groups is 1. The van der Waals surface area contributed by atoms with E-state index in [0.29, 0.717) is 19.0 Å². The number of benzene rings is 1.